The van der Waals surface area contributed by atoms with Crippen molar-refractivity contribution >= 4 is 0 Å². The Morgan fingerprint density at radius 2 is 1.45 bits per heavy atom. The predicted octanol–water partition coefficient (Wildman–Crippen LogP) is 2.19. The van der Waals surface area contributed by atoms with E-state index in [1.807, 2.05) is 0 Å². The van der Waals surface area contributed by atoms with Crippen LogP contribution in [0.5, 0.6) is 0 Å². The fourth-order valence-electron chi connectivity index (χ4n) is 1.85. The van der Waals surface area contributed by atoms with Crippen LogP contribution in [0.4, 0.5) is 0 Å². The van der Waals surface area contributed by atoms with Gasteiger partial charge in [0.25, 0.3) is 0 Å². The van der Waals surface area contributed by atoms with Gasteiger partial charge in [0, 0.05) is 18.6 Å². The Balaban J connectivity index is 2.04. The van der Waals surface area contributed by atoms with Crippen LogP contribution in [0.15, 0.2) is 11.1 Å². The van der Waals surface area contributed by atoms with Crippen LogP contribution in [-0.2, 0) is 0 Å². The Hall–Kier alpha value is -0.300. The molecule has 1 aliphatic carbocycles. The second-order valence-corrected chi connectivity index (χ2v) is 4.73. The first-order chi connectivity index (χ1) is 5.07. The highest BCUT2D eigenvalue weighted by Crippen LogP contribution is 2.37. The van der Waals surface area contributed by atoms with E-state index in [0.717, 1.165) is 0 Å². The summed E-state index contributed by atoms with van der Waals surface area (Å²) in [5, 5.41) is 0. The monoisotopic (exact) mass is 151 g/mol. The van der Waals surface area contributed by atoms with Crippen LogP contribution in [0, 0.1) is 0 Å². The maximum atomic E-state index is 2.57. The topological polar surface area (TPSA) is 3.24 Å². The lowest BCUT2D eigenvalue weighted by Gasteiger charge is -2.31. The quantitative estimate of drug-likeness (QED) is 0.480. The minimum absolute atomic E-state index is 0.372. The fourth-order valence-corrected chi connectivity index (χ4v) is 1.85. The third-order valence-corrected chi connectivity index (χ3v) is 2.94. The Bertz CT molecular complexity index is 191. The van der Waals surface area contributed by atoms with Crippen molar-refractivity contribution < 1.29 is 0 Å². The van der Waals surface area contributed by atoms with Gasteiger partial charge in [0.05, 0.1) is 0 Å². The molecule has 0 aromatic rings. The summed E-state index contributed by atoms with van der Waals surface area (Å²) < 4.78 is 0. The molecule has 0 amide bonds. The second-order valence-electron chi connectivity index (χ2n) is 4.73. The summed E-state index contributed by atoms with van der Waals surface area (Å²) in [6, 6.07) is 0. The molecule has 0 N–H and O–H groups in total. The molecule has 0 saturated carbocycles. The van der Waals surface area contributed by atoms with Crippen LogP contribution in [-0.4, -0.2) is 23.5 Å². The van der Waals surface area contributed by atoms with Crippen molar-refractivity contribution in [1.29, 1.82) is 0 Å². The van der Waals surface area contributed by atoms with Gasteiger partial charge in [-0.15, -0.1) is 0 Å². The summed E-state index contributed by atoms with van der Waals surface area (Å²) in [4.78, 5) is 2.57. The molecule has 1 heteroatoms. The molecule has 1 heterocycles. The Labute approximate surface area is 69.1 Å². The minimum atomic E-state index is 0.372. The van der Waals surface area contributed by atoms with E-state index in [0.29, 0.717) is 5.54 Å². The molecular weight excluding hydrogens is 134 g/mol. The van der Waals surface area contributed by atoms with Crippen molar-refractivity contribution in [3.8, 4) is 0 Å². The van der Waals surface area contributed by atoms with Gasteiger partial charge < -0.3 is 0 Å². The second kappa shape index (κ2) is 2.10. The van der Waals surface area contributed by atoms with E-state index in [1.165, 1.54) is 25.9 Å². The van der Waals surface area contributed by atoms with Gasteiger partial charge in [-0.2, -0.15) is 0 Å². The average molecular weight is 151 g/mol. The van der Waals surface area contributed by atoms with Gasteiger partial charge in [-0.1, -0.05) is 11.1 Å². The molecule has 1 aliphatic heterocycles. The molecule has 2 aliphatic rings. The molecule has 0 aromatic carbocycles. The number of nitrogens with zero attached hydrogens (tertiary/aromatic N) is 1. The van der Waals surface area contributed by atoms with Crippen molar-refractivity contribution in [3.63, 3.8) is 0 Å². The van der Waals surface area contributed by atoms with E-state index in [4.69, 9.17) is 0 Å². The number of hydrogen-bond donors (Lipinski definition) is 0. The van der Waals surface area contributed by atoms with E-state index < -0.39 is 0 Å². The average Bonchev–Trinajstić information content (AvgIpc) is 2.06. The van der Waals surface area contributed by atoms with E-state index in [2.05, 4.69) is 25.7 Å². The fraction of sp³-hybridized carbons (Fsp3) is 0.800. The third kappa shape index (κ3) is 1.12. The minimum Gasteiger partial charge on any atom is -0.291 e. The SMILES string of the molecule is CC(C)(C)N1CC2=C(CC2)C1. The van der Waals surface area contributed by atoms with Gasteiger partial charge in [0.2, 0.25) is 0 Å². The number of hydrogen-bond acceptors (Lipinski definition) is 1. The van der Waals surface area contributed by atoms with Crippen molar-refractivity contribution in [2.45, 2.75) is 39.2 Å². The standard InChI is InChI=1S/C10H17N/c1-10(2,3)11-6-8-4-5-9(8)7-11/h4-7H2,1-3H3. The maximum Gasteiger partial charge on any atom is 0.0204 e. The Morgan fingerprint density at radius 3 is 1.73 bits per heavy atom. The summed E-state index contributed by atoms with van der Waals surface area (Å²) in [5.41, 5.74) is 3.84. The maximum absolute atomic E-state index is 2.57. The number of likely N-dealkylation sites (tertiary alicyclic amines) is 1. The largest absolute Gasteiger partial charge is 0.291 e. The lowest BCUT2D eigenvalue weighted by molar-refractivity contribution is 0.180. The molecule has 62 valence electrons. The summed E-state index contributed by atoms with van der Waals surface area (Å²) in [5.74, 6) is 0. The van der Waals surface area contributed by atoms with Crippen LogP contribution < -0.4 is 0 Å². The highest BCUT2D eigenvalue weighted by Gasteiger charge is 2.33. The number of rotatable bonds is 0. The van der Waals surface area contributed by atoms with Gasteiger partial charge in [-0.3, -0.25) is 4.90 Å². The zero-order chi connectivity index (χ0) is 8.06. The molecule has 0 saturated heterocycles. The van der Waals surface area contributed by atoms with Crippen molar-refractivity contribution in [1.82, 2.24) is 4.90 Å². The smallest absolute Gasteiger partial charge is 0.0204 e. The van der Waals surface area contributed by atoms with Gasteiger partial charge in [-0.05, 0) is 33.6 Å². The highest BCUT2D eigenvalue weighted by molar-refractivity contribution is 5.32. The molecule has 2 rings (SSSR count). The summed E-state index contributed by atoms with van der Waals surface area (Å²) >= 11 is 0. The van der Waals surface area contributed by atoms with Gasteiger partial charge >= 0.3 is 0 Å². The molecular formula is C10H17N. The summed E-state index contributed by atoms with van der Waals surface area (Å²) in [7, 11) is 0. The zero-order valence-corrected chi connectivity index (χ0v) is 7.78. The highest BCUT2D eigenvalue weighted by atomic mass is 15.2. The zero-order valence-electron chi connectivity index (χ0n) is 7.78. The van der Waals surface area contributed by atoms with Crippen LogP contribution in [0.25, 0.3) is 0 Å². The molecule has 11 heavy (non-hydrogen) atoms. The normalized spacial score (nSPS) is 25.4. The molecule has 0 bridgehead atoms. The van der Waals surface area contributed by atoms with E-state index in [-0.39, 0.29) is 0 Å². The summed E-state index contributed by atoms with van der Waals surface area (Å²) in [6.45, 7) is 9.41. The van der Waals surface area contributed by atoms with Crippen LogP contribution in [0.2, 0.25) is 0 Å². The molecule has 0 radical (unpaired) electrons. The van der Waals surface area contributed by atoms with Crippen LogP contribution in [0.1, 0.15) is 33.6 Å². The van der Waals surface area contributed by atoms with E-state index >= 15 is 0 Å². The molecule has 0 unspecified atom stereocenters. The van der Waals surface area contributed by atoms with Crippen molar-refractivity contribution in [3.05, 3.63) is 11.1 Å². The molecule has 0 aromatic heterocycles. The third-order valence-electron chi connectivity index (χ3n) is 2.94. The molecule has 1 nitrogen and oxygen atoms in total. The van der Waals surface area contributed by atoms with Crippen LogP contribution >= 0.6 is 0 Å². The Kier molecular flexibility index (Phi) is 1.40. The first-order valence-corrected chi connectivity index (χ1v) is 4.52. The van der Waals surface area contributed by atoms with E-state index in [1.54, 1.807) is 11.1 Å². The van der Waals surface area contributed by atoms with Gasteiger partial charge in [0.1, 0.15) is 0 Å². The first-order valence-electron chi connectivity index (χ1n) is 4.52. The lowest BCUT2D eigenvalue weighted by Crippen LogP contribution is -2.39. The molecule has 0 atom stereocenters. The summed E-state index contributed by atoms with van der Waals surface area (Å²) in [6.07, 6.45) is 2.75. The van der Waals surface area contributed by atoms with Crippen molar-refractivity contribution in [2.24, 2.45) is 0 Å². The van der Waals surface area contributed by atoms with E-state index in [9.17, 15) is 0 Å². The lowest BCUT2D eigenvalue weighted by atomic mass is 9.92. The molecule has 0 spiro atoms. The predicted molar refractivity (Wildman–Crippen MR) is 47.6 cm³/mol. The van der Waals surface area contributed by atoms with Gasteiger partial charge in [-0.25, -0.2) is 0 Å². The molecule has 0 fully saturated rings. The van der Waals surface area contributed by atoms with Gasteiger partial charge in [0.15, 0.2) is 0 Å². The Morgan fingerprint density at radius 1 is 1.00 bits per heavy atom. The first kappa shape index (κ1) is 7.35. The van der Waals surface area contributed by atoms with Crippen molar-refractivity contribution in [2.75, 3.05) is 13.1 Å². The van der Waals surface area contributed by atoms with Crippen LogP contribution in [0.3, 0.4) is 0 Å².